The van der Waals surface area contributed by atoms with E-state index >= 15 is 0 Å². The van der Waals surface area contributed by atoms with Crippen molar-refractivity contribution in [2.24, 2.45) is 0 Å². The van der Waals surface area contributed by atoms with Crippen LogP contribution in [-0.4, -0.2) is 24.5 Å². The van der Waals surface area contributed by atoms with Gasteiger partial charge in [0.25, 0.3) is 11.8 Å². The molecular weight excluding hydrogens is 367 g/mol. The van der Waals surface area contributed by atoms with Crippen LogP contribution in [0.25, 0.3) is 0 Å². The van der Waals surface area contributed by atoms with Crippen molar-refractivity contribution in [3.05, 3.63) is 46.4 Å². The number of fused-ring (bicyclic) bond motifs is 1. The number of halogens is 2. The summed E-state index contributed by atoms with van der Waals surface area (Å²) >= 11 is 11.8. The van der Waals surface area contributed by atoms with Crippen molar-refractivity contribution in [2.45, 2.75) is 13.0 Å². The molecule has 130 valence electrons. The topological polar surface area (TPSA) is 76.7 Å². The number of benzene rings is 2. The zero-order valence-corrected chi connectivity index (χ0v) is 14.6. The monoisotopic (exact) mass is 380 g/mol. The summed E-state index contributed by atoms with van der Waals surface area (Å²) in [5, 5.41) is 6.16. The summed E-state index contributed by atoms with van der Waals surface area (Å²) in [6, 6.07) is 9.74. The lowest BCUT2D eigenvalue weighted by Crippen LogP contribution is -2.30. The number of hydrogen-bond acceptors (Lipinski definition) is 4. The third-order valence-corrected chi connectivity index (χ3v) is 4.19. The van der Waals surface area contributed by atoms with E-state index < -0.39 is 6.10 Å². The summed E-state index contributed by atoms with van der Waals surface area (Å²) in [5.41, 5.74) is 1.02. The molecule has 0 aromatic heterocycles. The van der Waals surface area contributed by atoms with Gasteiger partial charge in [0, 0.05) is 11.8 Å². The third kappa shape index (κ3) is 4.15. The number of carbonyl (C=O) groups is 2. The predicted octanol–water partition coefficient (Wildman–Crippen LogP) is 3.73. The number of hydrogen-bond donors (Lipinski definition) is 2. The van der Waals surface area contributed by atoms with Gasteiger partial charge < -0.3 is 20.1 Å². The van der Waals surface area contributed by atoms with Gasteiger partial charge in [-0.1, -0.05) is 23.2 Å². The Labute approximate surface area is 154 Å². The molecule has 1 aliphatic rings. The maximum Gasteiger partial charge on any atom is 0.265 e. The molecule has 6 nitrogen and oxygen atoms in total. The van der Waals surface area contributed by atoms with Gasteiger partial charge in [-0.15, -0.1) is 0 Å². The zero-order valence-electron chi connectivity index (χ0n) is 13.1. The highest BCUT2D eigenvalue weighted by molar-refractivity contribution is 6.42. The van der Waals surface area contributed by atoms with Crippen LogP contribution in [0.5, 0.6) is 11.5 Å². The van der Waals surface area contributed by atoms with Crippen LogP contribution in [-0.2, 0) is 9.59 Å². The molecule has 0 spiro atoms. The summed E-state index contributed by atoms with van der Waals surface area (Å²) < 4.78 is 10.8. The van der Waals surface area contributed by atoms with Crippen LogP contribution in [0.4, 0.5) is 11.4 Å². The summed E-state index contributed by atoms with van der Waals surface area (Å²) in [6.45, 7) is 1.59. The molecule has 1 unspecified atom stereocenters. The lowest BCUT2D eigenvalue weighted by atomic mass is 10.2. The highest BCUT2D eigenvalue weighted by atomic mass is 35.5. The number of carbonyl (C=O) groups excluding carboxylic acids is 2. The fourth-order valence-corrected chi connectivity index (χ4v) is 2.50. The molecule has 1 aliphatic heterocycles. The normalized spacial score (nSPS) is 14.0. The van der Waals surface area contributed by atoms with E-state index in [0.717, 1.165) is 0 Å². The van der Waals surface area contributed by atoms with Crippen molar-refractivity contribution in [3.8, 4) is 11.5 Å². The Hall–Kier alpha value is -2.44. The molecule has 0 bridgehead atoms. The quantitative estimate of drug-likeness (QED) is 0.846. The second-order valence-corrected chi connectivity index (χ2v) is 6.19. The SMILES string of the molecule is CC(Oc1ccc(Cl)c(Cl)c1)C(=O)Nc1ccc2c(c1)NC(=O)CO2. The van der Waals surface area contributed by atoms with Crippen LogP contribution in [0, 0.1) is 0 Å². The smallest absolute Gasteiger partial charge is 0.265 e. The lowest BCUT2D eigenvalue weighted by Gasteiger charge is -2.19. The minimum atomic E-state index is -0.765. The molecular formula is C17H14Cl2N2O4. The van der Waals surface area contributed by atoms with Crippen LogP contribution in [0.2, 0.25) is 10.0 Å². The van der Waals surface area contributed by atoms with E-state index in [4.69, 9.17) is 32.7 Å². The van der Waals surface area contributed by atoms with Gasteiger partial charge in [0.2, 0.25) is 0 Å². The molecule has 1 heterocycles. The van der Waals surface area contributed by atoms with E-state index in [1.165, 1.54) is 0 Å². The Morgan fingerprint density at radius 3 is 2.80 bits per heavy atom. The maximum absolute atomic E-state index is 12.3. The van der Waals surface area contributed by atoms with Crippen LogP contribution >= 0.6 is 23.2 Å². The van der Waals surface area contributed by atoms with Gasteiger partial charge in [0.15, 0.2) is 12.7 Å². The minimum Gasteiger partial charge on any atom is -0.482 e. The average molecular weight is 381 g/mol. The molecule has 25 heavy (non-hydrogen) atoms. The molecule has 8 heteroatoms. The second-order valence-electron chi connectivity index (χ2n) is 5.37. The minimum absolute atomic E-state index is 0.0206. The molecule has 0 saturated heterocycles. The van der Waals surface area contributed by atoms with Gasteiger partial charge in [-0.3, -0.25) is 9.59 Å². The Kier molecular flexibility index (Phi) is 5.01. The van der Waals surface area contributed by atoms with Gasteiger partial charge in [0.05, 0.1) is 15.7 Å². The van der Waals surface area contributed by atoms with E-state index in [9.17, 15) is 9.59 Å². The summed E-state index contributed by atoms with van der Waals surface area (Å²) in [6.07, 6.45) is -0.765. The third-order valence-electron chi connectivity index (χ3n) is 3.45. The molecule has 2 aromatic carbocycles. The van der Waals surface area contributed by atoms with Crippen molar-refractivity contribution in [2.75, 3.05) is 17.2 Å². The molecule has 2 N–H and O–H groups in total. The van der Waals surface area contributed by atoms with Crippen LogP contribution in [0.1, 0.15) is 6.92 Å². The zero-order chi connectivity index (χ0) is 18.0. The molecule has 0 fully saturated rings. The first-order valence-corrected chi connectivity index (χ1v) is 8.17. The van der Waals surface area contributed by atoms with E-state index in [-0.39, 0.29) is 18.4 Å². The van der Waals surface area contributed by atoms with Crippen molar-refractivity contribution in [3.63, 3.8) is 0 Å². The fraction of sp³-hybridized carbons (Fsp3) is 0.176. The highest BCUT2D eigenvalue weighted by Gasteiger charge is 2.19. The van der Waals surface area contributed by atoms with Gasteiger partial charge in [-0.2, -0.15) is 0 Å². The Morgan fingerprint density at radius 2 is 2.04 bits per heavy atom. The molecule has 0 aliphatic carbocycles. The van der Waals surface area contributed by atoms with Gasteiger partial charge in [-0.25, -0.2) is 0 Å². The number of rotatable bonds is 4. The average Bonchev–Trinajstić information content (AvgIpc) is 2.57. The predicted molar refractivity (Wildman–Crippen MR) is 95.7 cm³/mol. The number of amides is 2. The number of ether oxygens (including phenoxy) is 2. The first-order valence-electron chi connectivity index (χ1n) is 7.41. The maximum atomic E-state index is 12.3. The van der Waals surface area contributed by atoms with Crippen molar-refractivity contribution in [1.82, 2.24) is 0 Å². The molecule has 1 atom stereocenters. The van der Waals surface area contributed by atoms with Crippen LogP contribution in [0.15, 0.2) is 36.4 Å². The van der Waals surface area contributed by atoms with E-state index in [2.05, 4.69) is 10.6 Å². The first kappa shape index (κ1) is 17.4. The van der Waals surface area contributed by atoms with Gasteiger partial charge in [0.1, 0.15) is 11.5 Å². The Bertz CT molecular complexity index is 841. The first-order chi connectivity index (χ1) is 11.9. The highest BCUT2D eigenvalue weighted by Crippen LogP contribution is 2.31. The fourth-order valence-electron chi connectivity index (χ4n) is 2.21. The Morgan fingerprint density at radius 1 is 1.24 bits per heavy atom. The Balaban J connectivity index is 1.66. The largest absolute Gasteiger partial charge is 0.482 e. The second kappa shape index (κ2) is 7.21. The summed E-state index contributed by atoms with van der Waals surface area (Å²) in [4.78, 5) is 23.6. The molecule has 3 rings (SSSR count). The standard InChI is InChI=1S/C17H14Cl2N2O4/c1-9(25-11-3-4-12(18)13(19)7-11)17(23)20-10-2-5-15-14(6-10)21-16(22)8-24-15/h2-7,9H,8H2,1H3,(H,20,23)(H,21,22). The lowest BCUT2D eigenvalue weighted by molar-refractivity contribution is -0.122. The van der Waals surface area contributed by atoms with E-state index in [1.807, 2.05) is 0 Å². The van der Waals surface area contributed by atoms with Crippen LogP contribution < -0.4 is 20.1 Å². The number of nitrogens with one attached hydrogen (secondary N) is 2. The molecule has 0 saturated carbocycles. The van der Waals surface area contributed by atoms with Crippen molar-refractivity contribution < 1.29 is 19.1 Å². The number of anilines is 2. The molecule has 2 amide bonds. The van der Waals surface area contributed by atoms with Gasteiger partial charge in [-0.05, 0) is 37.3 Å². The van der Waals surface area contributed by atoms with Crippen molar-refractivity contribution in [1.29, 1.82) is 0 Å². The summed E-state index contributed by atoms with van der Waals surface area (Å²) in [7, 11) is 0. The molecule has 2 aromatic rings. The van der Waals surface area contributed by atoms with Crippen LogP contribution in [0.3, 0.4) is 0 Å². The van der Waals surface area contributed by atoms with E-state index in [1.54, 1.807) is 43.3 Å². The van der Waals surface area contributed by atoms with Crippen molar-refractivity contribution >= 4 is 46.4 Å². The molecule has 0 radical (unpaired) electrons. The summed E-state index contributed by atoms with van der Waals surface area (Å²) in [5.74, 6) is 0.391. The van der Waals surface area contributed by atoms with E-state index in [0.29, 0.717) is 32.9 Å². The van der Waals surface area contributed by atoms with Gasteiger partial charge >= 0.3 is 0 Å².